The van der Waals surface area contributed by atoms with Crippen LogP contribution in [0.3, 0.4) is 0 Å². The molecule has 3 N–H and O–H groups in total. The van der Waals surface area contributed by atoms with Crippen LogP contribution in [0.5, 0.6) is 17.2 Å². The molecule has 4 amide bonds. The highest BCUT2D eigenvalue weighted by Gasteiger charge is 2.20. The Hall–Kier alpha value is -4.27. The van der Waals surface area contributed by atoms with Gasteiger partial charge in [-0.15, -0.1) is 0 Å². The smallest absolute Gasteiger partial charge is 0.326 e. The Bertz CT molecular complexity index is 1120. The third-order valence-corrected chi connectivity index (χ3v) is 5.08. The van der Waals surface area contributed by atoms with E-state index in [9.17, 15) is 14.4 Å². The first-order valence-corrected chi connectivity index (χ1v) is 11.9. The lowest BCUT2D eigenvalue weighted by Crippen LogP contribution is -2.40. The number of ether oxygens (including phenoxy) is 3. The van der Waals surface area contributed by atoms with Crippen LogP contribution >= 0.6 is 0 Å². The van der Waals surface area contributed by atoms with Crippen molar-refractivity contribution in [2.24, 2.45) is 0 Å². The molecule has 0 saturated carbocycles. The molecule has 0 bridgehead atoms. The van der Waals surface area contributed by atoms with Crippen LogP contribution in [0.25, 0.3) is 0 Å². The van der Waals surface area contributed by atoms with Crippen molar-refractivity contribution in [1.82, 2.24) is 16.0 Å². The van der Waals surface area contributed by atoms with Crippen LogP contribution in [0.4, 0.5) is 4.79 Å². The van der Waals surface area contributed by atoms with Gasteiger partial charge in [-0.25, -0.2) is 4.79 Å². The van der Waals surface area contributed by atoms with E-state index in [2.05, 4.69) is 16.0 Å². The molecule has 36 heavy (non-hydrogen) atoms. The molecule has 0 aliphatic heterocycles. The van der Waals surface area contributed by atoms with Crippen molar-refractivity contribution in [3.05, 3.63) is 77.5 Å². The predicted octanol–water partition coefficient (Wildman–Crippen LogP) is 3.96. The van der Waals surface area contributed by atoms with Gasteiger partial charge in [0.15, 0.2) is 11.5 Å². The molecule has 0 fully saturated rings. The topological polar surface area (TPSA) is 115 Å². The number of carbonyl (C=O) groups is 3. The lowest BCUT2D eigenvalue weighted by Gasteiger charge is -2.19. The highest BCUT2D eigenvalue weighted by atomic mass is 16.5. The molecule has 1 unspecified atom stereocenters. The van der Waals surface area contributed by atoms with Gasteiger partial charge in [-0.3, -0.25) is 14.9 Å². The Kier molecular flexibility index (Phi) is 9.50. The van der Waals surface area contributed by atoms with Crippen molar-refractivity contribution >= 4 is 17.8 Å². The van der Waals surface area contributed by atoms with Crippen molar-refractivity contribution in [2.45, 2.75) is 33.2 Å². The van der Waals surface area contributed by atoms with E-state index < -0.39 is 11.9 Å². The normalized spacial score (nSPS) is 14.3. The van der Waals surface area contributed by atoms with Crippen LogP contribution in [0, 0.1) is 0 Å². The molecule has 0 heterocycles. The number of imide groups is 1. The van der Waals surface area contributed by atoms with Gasteiger partial charge in [0.25, 0.3) is 11.8 Å². The minimum Gasteiger partial charge on any atom is -0.490 e. The average molecular weight is 494 g/mol. The summed E-state index contributed by atoms with van der Waals surface area (Å²) >= 11 is 0. The molecular formula is C27H31N3O6. The molecule has 1 aliphatic rings. The minimum absolute atomic E-state index is 0.182. The summed E-state index contributed by atoms with van der Waals surface area (Å²) in [4.78, 5) is 37.8. The zero-order valence-electron chi connectivity index (χ0n) is 20.6. The summed E-state index contributed by atoms with van der Waals surface area (Å²) < 4.78 is 16.9. The third-order valence-electron chi connectivity index (χ3n) is 5.08. The van der Waals surface area contributed by atoms with E-state index in [-0.39, 0.29) is 17.5 Å². The van der Waals surface area contributed by atoms with Crippen molar-refractivity contribution in [2.75, 3.05) is 19.8 Å². The van der Waals surface area contributed by atoms with Gasteiger partial charge in [-0.1, -0.05) is 24.3 Å². The van der Waals surface area contributed by atoms with E-state index in [0.717, 1.165) is 0 Å². The Balaban J connectivity index is 1.67. The van der Waals surface area contributed by atoms with Gasteiger partial charge in [-0.2, -0.15) is 0 Å². The van der Waals surface area contributed by atoms with Gasteiger partial charge in [0.1, 0.15) is 0 Å². The summed E-state index contributed by atoms with van der Waals surface area (Å²) in [5.41, 5.74) is 1.19. The maximum Gasteiger partial charge on any atom is 0.326 e. The number of carbonyl (C=O) groups excluding carboxylic acids is 3. The fraction of sp³-hybridized carbons (Fsp3) is 0.296. The van der Waals surface area contributed by atoms with Crippen LogP contribution < -0.4 is 30.2 Å². The Morgan fingerprint density at radius 1 is 0.861 bits per heavy atom. The number of urea groups is 1. The van der Waals surface area contributed by atoms with Gasteiger partial charge in [0.2, 0.25) is 5.75 Å². The number of allylic oxidation sites excluding steroid dienone is 1. The van der Waals surface area contributed by atoms with E-state index in [0.29, 0.717) is 54.8 Å². The molecule has 0 aromatic heterocycles. The monoisotopic (exact) mass is 493 g/mol. The van der Waals surface area contributed by atoms with E-state index in [1.54, 1.807) is 36.4 Å². The molecule has 0 radical (unpaired) electrons. The molecule has 9 nitrogen and oxygen atoms in total. The molecule has 1 aliphatic carbocycles. The van der Waals surface area contributed by atoms with E-state index in [4.69, 9.17) is 14.2 Å². The Morgan fingerprint density at radius 3 is 2.11 bits per heavy atom. The zero-order chi connectivity index (χ0) is 25.9. The molecule has 0 saturated heterocycles. The van der Waals surface area contributed by atoms with Crippen molar-refractivity contribution in [1.29, 1.82) is 0 Å². The molecule has 3 rings (SSSR count). The maximum absolute atomic E-state index is 12.8. The molecule has 190 valence electrons. The van der Waals surface area contributed by atoms with E-state index >= 15 is 0 Å². The number of rotatable bonds is 10. The summed E-state index contributed by atoms with van der Waals surface area (Å²) in [5.74, 6) is 0.267. The number of hydrogen-bond donors (Lipinski definition) is 3. The minimum atomic E-state index is -0.712. The summed E-state index contributed by atoms with van der Waals surface area (Å²) in [7, 11) is 0. The largest absolute Gasteiger partial charge is 0.490 e. The number of hydrogen-bond acceptors (Lipinski definition) is 6. The first kappa shape index (κ1) is 26.3. The number of amides is 4. The van der Waals surface area contributed by atoms with Gasteiger partial charge in [-0.05, 0) is 63.6 Å². The quantitative estimate of drug-likeness (QED) is 0.462. The molecular weight excluding hydrogens is 462 g/mol. The SMILES string of the molecule is CCOc1cc(C(=O)NC(=O)NC2=CC(NC(=O)c3ccccc3)CC=C2)cc(OCC)c1OCC. The Morgan fingerprint density at radius 2 is 1.50 bits per heavy atom. The lowest BCUT2D eigenvalue weighted by atomic mass is 10.1. The van der Waals surface area contributed by atoms with Gasteiger partial charge >= 0.3 is 6.03 Å². The molecule has 1 atom stereocenters. The summed E-state index contributed by atoms with van der Waals surface area (Å²) in [5, 5.41) is 7.86. The second kappa shape index (κ2) is 13.0. The van der Waals surface area contributed by atoms with Gasteiger partial charge in [0.05, 0.1) is 25.9 Å². The fourth-order valence-electron chi connectivity index (χ4n) is 3.56. The summed E-state index contributed by atoms with van der Waals surface area (Å²) in [6.45, 7) is 6.58. The lowest BCUT2D eigenvalue weighted by molar-refractivity contribution is 0.0941. The maximum atomic E-state index is 12.8. The van der Waals surface area contributed by atoms with Crippen molar-refractivity contribution < 1.29 is 28.6 Å². The molecule has 9 heteroatoms. The van der Waals surface area contributed by atoms with Crippen LogP contribution in [-0.4, -0.2) is 43.7 Å². The van der Waals surface area contributed by atoms with Crippen molar-refractivity contribution in [3.8, 4) is 17.2 Å². The first-order valence-electron chi connectivity index (χ1n) is 11.9. The number of benzene rings is 2. The number of nitrogens with one attached hydrogen (secondary N) is 3. The molecule has 2 aromatic carbocycles. The van der Waals surface area contributed by atoms with Crippen LogP contribution in [-0.2, 0) is 0 Å². The van der Waals surface area contributed by atoms with Crippen LogP contribution in [0.1, 0.15) is 47.9 Å². The predicted molar refractivity (Wildman–Crippen MR) is 135 cm³/mol. The van der Waals surface area contributed by atoms with Crippen LogP contribution in [0.15, 0.2) is 66.4 Å². The van der Waals surface area contributed by atoms with E-state index in [1.807, 2.05) is 32.9 Å². The second-order valence-electron chi connectivity index (χ2n) is 7.71. The fourth-order valence-corrected chi connectivity index (χ4v) is 3.56. The zero-order valence-corrected chi connectivity index (χ0v) is 20.6. The highest BCUT2D eigenvalue weighted by molar-refractivity contribution is 6.05. The average Bonchev–Trinajstić information content (AvgIpc) is 2.86. The summed E-state index contributed by atoms with van der Waals surface area (Å²) in [6.07, 6.45) is 5.86. The highest BCUT2D eigenvalue weighted by Crippen LogP contribution is 2.39. The first-order chi connectivity index (χ1) is 17.4. The van der Waals surface area contributed by atoms with Crippen LogP contribution in [0.2, 0.25) is 0 Å². The Labute approximate surface area is 210 Å². The standard InChI is InChI=1S/C27H31N3O6/c1-4-34-22-15-19(16-23(35-5-2)24(22)36-6-3)26(32)30-27(33)29-21-14-10-13-20(17-21)28-25(31)18-11-8-7-9-12-18/h7-12,14-17,20H,4-6,13H2,1-3H3,(H,28,31)(H2,29,30,32,33). The molecule has 0 spiro atoms. The molecule has 2 aromatic rings. The second-order valence-corrected chi connectivity index (χ2v) is 7.71. The van der Waals surface area contributed by atoms with E-state index in [1.165, 1.54) is 12.1 Å². The van der Waals surface area contributed by atoms with Gasteiger partial charge in [0, 0.05) is 16.8 Å². The van der Waals surface area contributed by atoms with Gasteiger partial charge < -0.3 is 24.8 Å². The third kappa shape index (κ3) is 7.11. The van der Waals surface area contributed by atoms with Crippen molar-refractivity contribution in [3.63, 3.8) is 0 Å². The summed E-state index contributed by atoms with van der Waals surface area (Å²) in [6, 6.07) is 10.9.